The SMILES string of the molecule is CC(C)(C)OC(=O)N1CC(CC2CC2)C(C(=O)O)C1. The van der Waals surface area contributed by atoms with Crippen LogP contribution >= 0.6 is 0 Å². The van der Waals surface area contributed by atoms with Crippen molar-refractivity contribution in [2.75, 3.05) is 13.1 Å². The number of carbonyl (C=O) groups is 2. The third-order valence-corrected chi connectivity index (χ3v) is 3.74. The Morgan fingerprint density at radius 3 is 2.37 bits per heavy atom. The lowest BCUT2D eigenvalue weighted by Gasteiger charge is -2.24. The predicted octanol–water partition coefficient (Wildman–Crippen LogP) is 2.35. The second kappa shape index (κ2) is 5.02. The van der Waals surface area contributed by atoms with E-state index in [-0.39, 0.29) is 12.5 Å². The number of amides is 1. The van der Waals surface area contributed by atoms with Crippen molar-refractivity contribution in [2.45, 2.75) is 45.6 Å². The molecule has 1 aliphatic heterocycles. The maximum absolute atomic E-state index is 12.0. The smallest absolute Gasteiger partial charge is 0.410 e. The number of ether oxygens (including phenoxy) is 1. The monoisotopic (exact) mass is 269 g/mol. The summed E-state index contributed by atoms with van der Waals surface area (Å²) in [5.41, 5.74) is -0.537. The molecule has 19 heavy (non-hydrogen) atoms. The minimum absolute atomic E-state index is 0.0810. The van der Waals surface area contributed by atoms with E-state index in [0.717, 1.165) is 6.42 Å². The van der Waals surface area contributed by atoms with Gasteiger partial charge in [0.05, 0.1) is 5.92 Å². The molecular weight excluding hydrogens is 246 g/mol. The number of aliphatic carboxylic acids is 1. The minimum Gasteiger partial charge on any atom is -0.481 e. The van der Waals surface area contributed by atoms with Crippen LogP contribution in [0.1, 0.15) is 40.0 Å². The van der Waals surface area contributed by atoms with E-state index in [2.05, 4.69) is 0 Å². The van der Waals surface area contributed by atoms with Gasteiger partial charge >= 0.3 is 12.1 Å². The van der Waals surface area contributed by atoms with Gasteiger partial charge in [0.15, 0.2) is 0 Å². The Bertz CT molecular complexity index is 370. The molecule has 1 aliphatic carbocycles. The maximum atomic E-state index is 12.0. The number of carboxylic acid groups (broad SMARTS) is 1. The van der Waals surface area contributed by atoms with Crippen molar-refractivity contribution in [3.8, 4) is 0 Å². The van der Waals surface area contributed by atoms with Crippen LogP contribution in [0, 0.1) is 17.8 Å². The van der Waals surface area contributed by atoms with E-state index < -0.39 is 23.6 Å². The van der Waals surface area contributed by atoms with Gasteiger partial charge in [-0.1, -0.05) is 12.8 Å². The van der Waals surface area contributed by atoms with E-state index in [4.69, 9.17) is 4.74 Å². The first-order valence-electron chi connectivity index (χ1n) is 6.97. The number of rotatable bonds is 3. The molecule has 0 aromatic carbocycles. The summed E-state index contributed by atoms with van der Waals surface area (Å²) in [7, 11) is 0. The van der Waals surface area contributed by atoms with Crippen LogP contribution in [0.3, 0.4) is 0 Å². The highest BCUT2D eigenvalue weighted by Crippen LogP contribution is 2.40. The Kier molecular flexibility index (Phi) is 3.74. The normalized spacial score (nSPS) is 27.4. The van der Waals surface area contributed by atoms with E-state index in [1.54, 1.807) is 4.90 Å². The molecule has 2 atom stereocenters. The molecule has 1 amide bonds. The molecule has 0 spiro atoms. The van der Waals surface area contributed by atoms with Gasteiger partial charge in [-0.2, -0.15) is 0 Å². The standard InChI is InChI=1S/C14H23NO4/c1-14(2,3)19-13(18)15-7-10(6-9-4-5-9)11(8-15)12(16)17/h9-11H,4-8H2,1-3H3,(H,16,17). The van der Waals surface area contributed by atoms with Crippen molar-refractivity contribution in [1.29, 1.82) is 0 Å². The number of nitrogens with zero attached hydrogens (tertiary/aromatic N) is 1. The van der Waals surface area contributed by atoms with Gasteiger partial charge in [0.2, 0.25) is 0 Å². The molecule has 2 aliphatic rings. The van der Waals surface area contributed by atoms with Gasteiger partial charge in [-0.3, -0.25) is 4.79 Å². The third kappa shape index (κ3) is 3.85. The van der Waals surface area contributed by atoms with Gasteiger partial charge in [0, 0.05) is 13.1 Å². The van der Waals surface area contributed by atoms with Gasteiger partial charge < -0.3 is 14.7 Å². The first-order valence-corrected chi connectivity index (χ1v) is 6.97. The number of likely N-dealkylation sites (tertiary alicyclic amines) is 1. The summed E-state index contributed by atoms with van der Waals surface area (Å²) in [4.78, 5) is 24.8. The molecule has 1 saturated carbocycles. The van der Waals surface area contributed by atoms with Crippen LogP contribution in [-0.2, 0) is 9.53 Å². The Labute approximate surface area is 113 Å². The summed E-state index contributed by atoms with van der Waals surface area (Å²) in [5.74, 6) is -0.479. The Balaban J connectivity index is 1.96. The molecule has 1 N–H and O–H groups in total. The highest BCUT2D eigenvalue weighted by molar-refractivity contribution is 5.74. The van der Waals surface area contributed by atoms with E-state index in [9.17, 15) is 14.7 Å². The Morgan fingerprint density at radius 1 is 1.26 bits per heavy atom. The molecule has 0 aromatic rings. The van der Waals surface area contributed by atoms with Gasteiger partial charge in [0.25, 0.3) is 0 Å². The molecule has 1 heterocycles. The molecule has 1 saturated heterocycles. The first-order chi connectivity index (χ1) is 8.76. The van der Waals surface area contributed by atoms with Crippen LogP contribution in [0.4, 0.5) is 4.79 Å². The van der Waals surface area contributed by atoms with E-state index >= 15 is 0 Å². The zero-order chi connectivity index (χ0) is 14.2. The third-order valence-electron chi connectivity index (χ3n) is 3.74. The zero-order valence-corrected chi connectivity index (χ0v) is 11.9. The van der Waals surface area contributed by atoms with Gasteiger partial charge in [-0.15, -0.1) is 0 Å². The molecular formula is C14H23NO4. The number of carboxylic acids is 1. The molecule has 0 bridgehead atoms. The van der Waals surface area contributed by atoms with Gasteiger partial charge in [-0.05, 0) is 39.0 Å². The predicted molar refractivity (Wildman–Crippen MR) is 69.8 cm³/mol. The second-order valence-electron chi connectivity index (χ2n) is 6.77. The van der Waals surface area contributed by atoms with Crippen LogP contribution in [-0.4, -0.2) is 40.8 Å². The van der Waals surface area contributed by atoms with Crippen molar-refractivity contribution >= 4 is 12.1 Å². The molecule has 2 unspecified atom stereocenters. The summed E-state index contributed by atoms with van der Waals surface area (Å²) in [6.07, 6.45) is 2.94. The lowest BCUT2D eigenvalue weighted by atomic mass is 9.91. The number of hydrogen-bond acceptors (Lipinski definition) is 3. The van der Waals surface area contributed by atoms with E-state index in [1.165, 1.54) is 12.8 Å². The lowest BCUT2D eigenvalue weighted by molar-refractivity contribution is -0.142. The molecule has 2 rings (SSSR count). The molecule has 0 aromatic heterocycles. The van der Waals surface area contributed by atoms with Crippen molar-refractivity contribution in [1.82, 2.24) is 4.90 Å². The fourth-order valence-electron chi connectivity index (χ4n) is 2.65. The highest BCUT2D eigenvalue weighted by Gasteiger charge is 2.43. The quantitative estimate of drug-likeness (QED) is 0.854. The fraction of sp³-hybridized carbons (Fsp3) is 0.857. The van der Waals surface area contributed by atoms with Crippen LogP contribution in [0.25, 0.3) is 0 Å². The molecule has 2 fully saturated rings. The van der Waals surface area contributed by atoms with E-state index in [1.807, 2.05) is 20.8 Å². The molecule has 108 valence electrons. The van der Waals surface area contributed by atoms with Gasteiger partial charge in [-0.25, -0.2) is 4.79 Å². The summed E-state index contributed by atoms with van der Waals surface area (Å²) in [6.45, 7) is 6.25. The fourth-order valence-corrected chi connectivity index (χ4v) is 2.65. The first kappa shape index (κ1) is 14.2. The topological polar surface area (TPSA) is 66.8 Å². The summed E-state index contributed by atoms with van der Waals surface area (Å²) < 4.78 is 5.31. The number of carbonyl (C=O) groups excluding carboxylic acids is 1. The average molecular weight is 269 g/mol. The van der Waals surface area contributed by atoms with Gasteiger partial charge in [0.1, 0.15) is 5.60 Å². The molecule has 5 nitrogen and oxygen atoms in total. The Hall–Kier alpha value is -1.26. The van der Waals surface area contributed by atoms with Crippen LogP contribution in [0.2, 0.25) is 0 Å². The zero-order valence-electron chi connectivity index (χ0n) is 11.9. The van der Waals surface area contributed by atoms with Crippen molar-refractivity contribution in [3.63, 3.8) is 0 Å². The molecule has 0 radical (unpaired) electrons. The second-order valence-corrected chi connectivity index (χ2v) is 6.77. The summed E-state index contributed by atoms with van der Waals surface area (Å²) >= 11 is 0. The Morgan fingerprint density at radius 2 is 1.89 bits per heavy atom. The largest absolute Gasteiger partial charge is 0.481 e. The average Bonchev–Trinajstić information content (AvgIpc) is 2.92. The summed E-state index contributed by atoms with van der Waals surface area (Å²) in [6, 6.07) is 0. The highest BCUT2D eigenvalue weighted by atomic mass is 16.6. The lowest BCUT2D eigenvalue weighted by Crippen LogP contribution is -2.36. The minimum atomic E-state index is -0.795. The van der Waals surface area contributed by atoms with Crippen LogP contribution < -0.4 is 0 Å². The summed E-state index contributed by atoms with van der Waals surface area (Å²) in [5, 5.41) is 9.27. The maximum Gasteiger partial charge on any atom is 0.410 e. The van der Waals surface area contributed by atoms with Crippen molar-refractivity contribution in [2.24, 2.45) is 17.8 Å². The van der Waals surface area contributed by atoms with Crippen LogP contribution in [0.15, 0.2) is 0 Å². The van der Waals surface area contributed by atoms with E-state index in [0.29, 0.717) is 12.5 Å². The molecule has 5 heteroatoms. The number of hydrogen-bond donors (Lipinski definition) is 1. The van der Waals surface area contributed by atoms with Crippen molar-refractivity contribution in [3.05, 3.63) is 0 Å². The van der Waals surface area contributed by atoms with Crippen molar-refractivity contribution < 1.29 is 19.4 Å². The van der Waals surface area contributed by atoms with Crippen LogP contribution in [0.5, 0.6) is 0 Å².